The number of aliphatic imine (C=N–C) groups is 1. The Morgan fingerprint density at radius 1 is 1.42 bits per heavy atom. The summed E-state index contributed by atoms with van der Waals surface area (Å²) < 4.78 is 7.24. The summed E-state index contributed by atoms with van der Waals surface area (Å²) in [6, 6.07) is 0. The SMILES string of the molecule is CCOCCCCNC(=NC)N(C)Cc1cn(C)nc1C(C)C.I. The number of aromatic nitrogens is 2. The summed E-state index contributed by atoms with van der Waals surface area (Å²) in [7, 11) is 5.86. The van der Waals surface area contributed by atoms with Crippen LogP contribution in [-0.4, -0.2) is 54.5 Å². The van der Waals surface area contributed by atoms with Gasteiger partial charge in [0.25, 0.3) is 0 Å². The second-order valence-electron chi connectivity index (χ2n) is 6.10. The van der Waals surface area contributed by atoms with E-state index in [-0.39, 0.29) is 24.0 Å². The molecule has 0 fully saturated rings. The molecule has 140 valence electrons. The van der Waals surface area contributed by atoms with E-state index in [1.54, 1.807) is 0 Å². The molecule has 1 heterocycles. The summed E-state index contributed by atoms with van der Waals surface area (Å²) in [5.41, 5.74) is 2.41. The zero-order valence-electron chi connectivity index (χ0n) is 16.0. The molecule has 1 rings (SSSR count). The molecule has 0 spiro atoms. The van der Waals surface area contributed by atoms with Gasteiger partial charge in [0.1, 0.15) is 0 Å². The Morgan fingerprint density at radius 2 is 2.12 bits per heavy atom. The van der Waals surface area contributed by atoms with Gasteiger partial charge < -0.3 is 15.0 Å². The highest BCUT2D eigenvalue weighted by molar-refractivity contribution is 14.0. The van der Waals surface area contributed by atoms with Gasteiger partial charge >= 0.3 is 0 Å². The van der Waals surface area contributed by atoms with Gasteiger partial charge in [-0.2, -0.15) is 5.10 Å². The van der Waals surface area contributed by atoms with E-state index in [1.165, 1.54) is 5.56 Å². The van der Waals surface area contributed by atoms with E-state index in [2.05, 4.69) is 47.4 Å². The number of nitrogens with zero attached hydrogens (tertiary/aromatic N) is 4. The molecule has 0 saturated carbocycles. The number of rotatable bonds is 9. The van der Waals surface area contributed by atoms with Crippen molar-refractivity contribution in [3.63, 3.8) is 0 Å². The van der Waals surface area contributed by atoms with Crippen LogP contribution in [0.1, 0.15) is 50.8 Å². The van der Waals surface area contributed by atoms with Crippen molar-refractivity contribution in [2.75, 3.05) is 33.9 Å². The quantitative estimate of drug-likeness (QED) is 0.272. The molecule has 0 aromatic carbocycles. The molecule has 0 unspecified atom stereocenters. The van der Waals surface area contributed by atoms with Crippen LogP contribution in [0.5, 0.6) is 0 Å². The van der Waals surface area contributed by atoms with Crippen molar-refractivity contribution in [3.8, 4) is 0 Å². The number of unbranched alkanes of at least 4 members (excludes halogenated alkanes) is 1. The molecule has 6 nitrogen and oxygen atoms in total. The van der Waals surface area contributed by atoms with Gasteiger partial charge in [-0.3, -0.25) is 9.67 Å². The van der Waals surface area contributed by atoms with E-state index in [0.717, 1.165) is 50.8 Å². The average Bonchev–Trinajstić information content (AvgIpc) is 2.87. The molecular weight excluding hydrogens is 417 g/mol. The fourth-order valence-corrected chi connectivity index (χ4v) is 2.55. The number of guanidine groups is 1. The van der Waals surface area contributed by atoms with Gasteiger partial charge in [0.2, 0.25) is 0 Å². The van der Waals surface area contributed by atoms with Gasteiger partial charge in [0.15, 0.2) is 5.96 Å². The summed E-state index contributed by atoms with van der Waals surface area (Å²) in [4.78, 5) is 6.52. The van der Waals surface area contributed by atoms with Gasteiger partial charge in [-0.05, 0) is 25.7 Å². The van der Waals surface area contributed by atoms with Gasteiger partial charge in [0, 0.05) is 59.2 Å². The summed E-state index contributed by atoms with van der Waals surface area (Å²) in [5.74, 6) is 1.34. The number of hydrogen-bond acceptors (Lipinski definition) is 3. The van der Waals surface area contributed by atoms with Crippen LogP contribution >= 0.6 is 24.0 Å². The Hall–Kier alpha value is -0.830. The van der Waals surface area contributed by atoms with E-state index in [9.17, 15) is 0 Å². The zero-order valence-corrected chi connectivity index (χ0v) is 18.3. The summed E-state index contributed by atoms with van der Waals surface area (Å²) in [6.45, 7) is 9.72. The minimum atomic E-state index is 0. The van der Waals surface area contributed by atoms with E-state index >= 15 is 0 Å². The summed E-state index contributed by atoms with van der Waals surface area (Å²) in [5, 5.41) is 7.98. The molecule has 0 aliphatic carbocycles. The highest BCUT2D eigenvalue weighted by Gasteiger charge is 2.14. The molecule has 1 aromatic rings. The van der Waals surface area contributed by atoms with Crippen molar-refractivity contribution in [1.82, 2.24) is 20.0 Å². The maximum absolute atomic E-state index is 5.35. The Balaban J connectivity index is 0.00000529. The van der Waals surface area contributed by atoms with Crippen LogP contribution < -0.4 is 5.32 Å². The van der Waals surface area contributed by atoms with Gasteiger partial charge in [-0.25, -0.2) is 0 Å². The lowest BCUT2D eigenvalue weighted by Crippen LogP contribution is -2.39. The molecular formula is C17H34IN5O. The standard InChI is InChI=1S/C17H33N5O.HI/c1-7-23-11-9-8-10-19-17(18-4)21(5)12-15-13-22(6)20-16(15)14(2)3;/h13-14H,7-12H2,1-6H3,(H,18,19);1H. The van der Waals surface area contributed by atoms with Crippen LogP contribution in [0.2, 0.25) is 0 Å². The van der Waals surface area contributed by atoms with Gasteiger partial charge in [0.05, 0.1) is 5.69 Å². The molecule has 7 heteroatoms. The lowest BCUT2D eigenvalue weighted by Gasteiger charge is -2.22. The monoisotopic (exact) mass is 451 g/mol. The zero-order chi connectivity index (χ0) is 17.2. The topological polar surface area (TPSA) is 54.7 Å². The van der Waals surface area contributed by atoms with Gasteiger partial charge in [-0.1, -0.05) is 13.8 Å². The minimum absolute atomic E-state index is 0. The first-order valence-electron chi connectivity index (χ1n) is 8.51. The maximum Gasteiger partial charge on any atom is 0.193 e. The number of nitrogens with one attached hydrogen (secondary N) is 1. The average molecular weight is 451 g/mol. The Bertz CT molecular complexity index is 487. The Morgan fingerprint density at radius 3 is 2.71 bits per heavy atom. The van der Waals surface area contributed by atoms with Crippen molar-refractivity contribution >= 4 is 29.9 Å². The molecule has 1 N–H and O–H groups in total. The smallest absolute Gasteiger partial charge is 0.193 e. The molecule has 0 bridgehead atoms. The third-order valence-corrected chi connectivity index (χ3v) is 3.67. The fourth-order valence-electron chi connectivity index (χ4n) is 2.55. The number of hydrogen-bond donors (Lipinski definition) is 1. The van der Waals surface area contributed by atoms with Crippen molar-refractivity contribution in [2.45, 2.75) is 46.1 Å². The minimum Gasteiger partial charge on any atom is -0.382 e. The highest BCUT2D eigenvalue weighted by atomic mass is 127. The maximum atomic E-state index is 5.35. The van der Waals surface area contributed by atoms with E-state index in [1.807, 2.05) is 25.7 Å². The first kappa shape index (κ1) is 23.2. The highest BCUT2D eigenvalue weighted by Crippen LogP contribution is 2.18. The van der Waals surface area contributed by atoms with Crippen molar-refractivity contribution in [2.24, 2.45) is 12.0 Å². The molecule has 0 aliphatic heterocycles. The van der Waals surface area contributed by atoms with E-state index in [4.69, 9.17) is 4.74 Å². The molecule has 0 saturated heterocycles. The Kier molecular flexibility index (Phi) is 12.1. The van der Waals surface area contributed by atoms with Crippen LogP contribution in [0.25, 0.3) is 0 Å². The van der Waals surface area contributed by atoms with Crippen LogP contribution in [0.15, 0.2) is 11.2 Å². The largest absolute Gasteiger partial charge is 0.382 e. The first-order chi connectivity index (χ1) is 11.0. The predicted molar refractivity (Wildman–Crippen MR) is 111 cm³/mol. The predicted octanol–water partition coefficient (Wildman–Crippen LogP) is 2.99. The summed E-state index contributed by atoms with van der Waals surface area (Å²) in [6.07, 6.45) is 4.25. The number of halogens is 1. The lowest BCUT2D eigenvalue weighted by atomic mass is 10.1. The van der Waals surface area contributed by atoms with Crippen LogP contribution in [0.3, 0.4) is 0 Å². The van der Waals surface area contributed by atoms with Crippen LogP contribution in [0.4, 0.5) is 0 Å². The Labute approximate surface area is 164 Å². The molecule has 0 aliphatic rings. The fraction of sp³-hybridized carbons (Fsp3) is 0.765. The molecule has 1 aromatic heterocycles. The van der Waals surface area contributed by atoms with Gasteiger partial charge in [-0.15, -0.1) is 24.0 Å². The second kappa shape index (κ2) is 12.5. The van der Waals surface area contributed by atoms with Crippen molar-refractivity contribution < 1.29 is 4.74 Å². The molecule has 0 atom stereocenters. The van der Waals surface area contributed by atoms with E-state index < -0.39 is 0 Å². The normalized spacial score (nSPS) is 11.5. The lowest BCUT2D eigenvalue weighted by molar-refractivity contribution is 0.143. The van der Waals surface area contributed by atoms with Crippen molar-refractivity contribution in [1.29, 1.82) is 0 Å². The third-order valence-electron chi connectivity index (χ3n) is 3.67. The third kappa shape index (κ3) is 7.83. The summed E-state index contributed by atoms with van der Waals surface area (Å²) >= 11 is 0. The first-order valence-corrected chi connectivity index (χ1v) is 8.51. The molecule has 24 heavy (non-hydrogen) atoms. The van der Waals surface area contributed by atoms with Crippen molar-refractivity contribution in [3.05, 3.63) is 17.5 Å². The second-order valence-corrected chi connectivity index (χ2v) is 6.10. The van der Waals surface area contributed by atoms with E-state index in [0.29, 0.717) is 5.92 Å². The molecule has 0 radical (unpaired) electrons. The number of ether oxygens (including phenoxy) is 1. The van der Waals surface area contributed by atoms with Crippen LogP contribution in [0, 0.1) is 0 Å². The molecule has 0 amide bonds. The number of aryl methyl sites for hydroxylation is 1. The van der Waals surface area contributed by atoms with Crippen LogP contribution in [-0.2, 0) is 18.3 Å².